The zero-order valence-corrected chi connectivity index (χ0v) is 13.9. The standard InChI is InChI=1S/C16H24Cl2N2/c1-19(2)9-6-13-7-10-20(11-8-13)12-14-15(17)4-3-5-16(14)18/h3-5,13H,6-12H2,1-2H3. The van der Waals surface area contributed by atoms with Crippen molar-refractivity contribution in [2.24, 2.45) is 5.92 Å². The summed E-state index contributed by atoms with van der Waals surface area (Å²) in [4.78, 5) is 4.75. The Morgan fingerprint density at radius 2 is 1.75 bits per heavy atom. The Morgan fingerprint density at radius 3 is 2.30 bits per heavy atom. The first-order valence-corrected chi connectivity index (χ1v) is 8.12. The number of hydrogen-bond donors (Lipinski definition) is 0. The third-order valence-corrected chi connectivity index (χ3v) is 4.84. The van der Waals surface area contributed by atoms with E-state index in [1.807, 2.05) is 18.2 Å². The fourth-order valence-electron chi connectivity index (χ4n) is 2.78. The van der Waals surface area contributed by atoms with Gasteiger partial charge in [0, 0.05) is 22.2 Å². The highest BCUT2D eigenvalue weighted by molar-refractivity contribution is 6.35. The van der Waals surface area contributed by atoms with Crippen molar-refractivity contribution in [3.8, 4) is 0 Å². The fraction of sp³-hybridized carbons (Fsp3) is 0.625. The summed E-state index contributed by atoms with van der Waals surface area (Å²) < 4.78 is 0. The molecule has 1 saturated heterocycles. The third kappa shape index (κ3) is 4.63. The summed E-state index contributed by atoms with van der Waals surface area (Å²) in [7, 11) is 4.29. The topological polar surface area (TPSA) is 6.48 Å². The van der Waals surface area contributed by atoms with Crippen molar-refractivity contribution >= 4 is 23.2 Å². The zero-order valence-electron chi connectivity index (χ0n) is 12.4. The highest BCUT2D eigenvalue weighted by Crippen LogP contribution is 2.28. The number of hydrogen-bond acceptors (Lipinski definition) is 2. The van der Waals surface area contributed by atoms with Crippen LogP contribution in [-0.4, -0.2) is 43.5 Å². The fourth-order valence-corrected chi connectivity index (χ4v) is 3.30. The Labute approximate surface area is 132 Å². The van der Waals surface area contributed by atoms with Gasteiger partial charge in [-0.25, -0.2) is 0 Å². The van der Waals surface area contributed by atoms with Gasteiger partial charge in [-0.2, -0.15) is 0 Å². The molecular formula is C16H24Cl2N2. The predicted molar refractivity (Wildman–Crippen MR) is 87.6 cm³/mol. The van der Waals surface area contributed by atoms with E-state index >= 15 is 0 Å². The van der Waals surface area contributed by atoms with Gasteiger partial charge in [0.2, 0.25) is 0 Å². The molecule has 1 aliphatic rings. The number of nitrogens with zero attached hydrogens (tertiary/aromatic N) is 2. The molecule has 0 aromatic heterocycles. The Hall–Kier alpha value is -0.280. The van der Waals surface area contributed by atoms with Crippen molar-refractivity contribution in [3.63, 3.8) is 0 Å². The highest BCUT2D eigenvalue weighted by atomic mass is 35.5. The van der Waals surface area contributed by atoms with Crippen LogP contribution in [0.2, 0.25) is 10.0 Å². The Kier molecular flexibility index (Phi) is 6.16. The SMILES string of the molecule is CN(C)CCC1CCN(Cc2c(Cl)cccc2Cl)CC1. The molecule has 0 spiro atoms. The molecular weight excluding hydrogens is 291 g/mol. The molecule has 0 aliphatic carbocycles. The average Bonchev–Trinajstić information content (AvgIpc) is 2.42. The van der Waals surface area contributed by atoms with E-state index in [9.17, 15) is 0 Å². The first-order valence-electron chi connectivity index (χ1n) is 7.36. The van der Waals surface area contributed by atoms with Crippen LogP contribution in [0.1, 0.15) is 24.8 Å². The number of halogens is 2. The lowest BCUT2D eigenvalue weighted by Gasteiger charge is -2.32. The van der Waals surface area contributed by atoms with Crippen LogP contribution in [0.5, 0.6) is 0 Å². The van der Waals surface area contributed by atoms with Gasteiger partial charge < -0.3 is 4.90 Å². The normalized spacial score (nSPS) is 17.9. The minimum Gasteiger partial charge on any atom is -0.309 e. The van der Waals surface area contributed by atoms with Gasteiger partial charge in [-0.05, 0) is 71.0 Å². The van der Waals surface area contributed by atoms with Gasteiger partial charge >= 0.3 is 0 Å². The summed E-state index contributed by atoms with van der Waals surface area (Å²) in [5.41, 5.74) is 1.07. The van der Waals surface area contributed by atoms with E-state index in [0.29, 0.717) is 0 Å². The van der Waals surface area contributed by atoms with Crippen molar-refractivity contribution in [1.82, 2.24) is 9.80 Å². The predicted octanol–water partition coefficient (Wildman–Crippen LogP) is 4.16. The molecule has 1 aromatic rings. The van der Waals surface area contributed by atoms with Crippen LogP contribution in [0, 0.1) is 5.92 Å². The first kappa shape index (κ1) is 16.1. The maximum atomic E-state index is 6.25. The van der Waals surface area contributed by atoms with E-state index in [-0.39, 0.29) is 0 Å². The molecule has 1 aliphatic heterocycles. The quantitative estimate of drug-likeness (QED) is 0.805. The molecule has 0 saturated carbocycles. The van der Waals surface area contributed by atoms with Gasteiger partial charge in [0.1, 0.15) is 0 Å². The lowest BCUT2D eigenvalue weighted by atomic mass is 9.93. The van der Waals surface area contributed by atoms with Crippen molar-refractivity contribution in [3.05, 3.63) is 33.8 Å². The second-order valence-electron chi connectivity index (χ2n) is 6.01. The number of benzene rings is 1. The van der Waals surface area contributed by atoms with Crippen molar-refractivity contribution in [1.29, 1.82) is 0 Å². The summed E-state index contributed by atoms with van der Waals surface area (Å²) in [5, 5.41) is 1.57. The zero-order chi connectivity index (χ0) is 14.5. The molecule has 1 heterocycles. The van der Waals surface area contributed by atoms with E-state index in [0.717, 1.165) is 41.2 Å². The minimum absolute atomic E-state index is 0.784. The summed E-state index contributed by atoms with van der Waals surface area (Å²) in [6.45, 7) is 4.37. The van der Waals surface area contributed by atoms with Crippen LogP contribution < -0.4 is 0 Å². The molecule has 0 atom stereocenters. The summed E-state index contributed by atoms with van der Waals surface area (Å²) in [6.07, 6.45) is 3.89. The van der Waals surface area contributed by atoms with Gasteiger partial charge in [0.05, 0.1) is 0 Å². The second kappa shape index (κ2) is 7.65. The molecule has 4 heteroatoms. The lowest BCUT2D eigenvalue weighted by molar-refractivity contribution is 0.166. The van der Waals surface area contributed by atoms with E-state index in [4.69, 9.17) is 23.2 Å². The largest absolute Gasteiger partial charge is 0.309 e. The Morgan fingerprint density at radius 1 is 1.15 bits per heavy atom. The van der Waals surface area contributed by atoms with Gasteiger partial charge in [-0.3, -0.25) is 4.90 Å². The smallest absolute Gasteiger partial charge is 0.0465 e. The minimum atomic E-state index is 0.784. The van der Waals surface area contributed by atoms with E-state index in [1.54, 1.807) is 0 Å². The summed E-state index contributed by atoms with van der Waals surface area (Å²) in [6, 6.07) is 5.75. The molecule has 2 nitrogen and oxygen atoms in total. The molecule has 2 rings (SSSR count). The van der Waals surface area contributed by atoms with Crippen LogP contribution in [0.4, 0.5) is 0 Å². The summed E-state index contributed by atoms with van der Waals surface area (Å²) >= 11 is 12.5. The van der Waals surface area contributed by atoms with Gasteiger partial charge in [-0.15, -0.1) is 0 Å². The Bertz CT molecular complexity index is 406. The third-order valence-electron chi connectivity index (χ3n) is 4.14. The number of piperidine rings is 1. The average molecular weight is 315 g/mol. The van der Waals surface area contributed by atoms with Crippen LogP contribution in [0.25, 0.3) is 0 Å². The maximum Gasteiger partial charge on any atom is 0.0465 e. The van der Waals surface area contributed by atoms with Crippen LogP contribution in [0.3, 0.4) is 0 Å². The molecule has 0 radical (unpaired) electrons. The number of likely N-dealkylation sites (tertiary alicyclic amines) is 1. The van der Waals surface area contributed by atoms with Crippen molar-refractivity contribution < 1.29 is 0 Å². The summed E-state index contributed by atoms with van der Waals surface area (Å²) in [5.74, 6) is 0.871. The molecule has 20 heavy (non-hydrogen) atoms. The van der Waals surface area contributed by atoms with Gasteiger partial charge in [-0.1, -0.05) is 29.3 Å². The lowest BCUT2D eigenvalue weighted by Crippen LogP contribution is -2.34. The van der Waals surface area contributed by atoms with Crippen LogP contribution in [0.15, 0.2) is 18.2 Å². The van der Waals surface area contributed by atoms with Gasteiger partial charge in [0.25, 0.3) is 0 Å². The number of rotatable bonds is 5. The van der Waals surface area contributed by atoms with Crippen molar-refractivity contribution in [2.45, 2.75) is 25.8 Å². The van der Waals surface area contributed by atoms with E-state index in [1.165, 1.54) is 25.8 Å². The monoisotopic (exact) mass is 314 g/mol. The van der Waals surface area contributed by atoms with Crippen LogP contribution >= 0.6 is 23.2 Å². The Balaban J connectivity index is 1.82. The highest BCUT2D eigenvalue weighted by Gasteiger charge is 2.20. The van der Waals surface area contributed by atoms with E-state index < -0.39 is 0 Å². The molecule has 0 N–H and O–H groups in total. The van der Waals surface area contributed by atoms with Crippen molar-refractivity contribution in [2.75, 3.05) is 33.7 Å². The second-order valence-corrected chi connectivity index (χ2v) is 6.83. The van der Waals surface area contributed by atoms with Gasteiger partial charge in [0.15, 0.2) is 0 Å². The molecule has 1 fully saturated rings. The van der Waals surface area contributed by atoms with E-state index in [2.05, 4.69) is 23.9 Å². The molecule has 0 amide bonds. The van der Waals surface area contributed by atoms with Crippen LogP contribution in [-0.2, 0) is 6.54 Å². The first-order chi connectivity index (χ1) is 9.56. The molecule has 112 valence electrons. The molecule has 1 aromatic carbocycles. The molecule has 0 bridgehead atoms. The molecule has 0 unspecified atom stereocenters. The maximum absolute atomic E-state index is 6.25.